The molecule has 2 aliphatic heterocycles. The average molecular weight is 396 g/mol. The second-order valence-corrected chi connectivity index (χ2v) is 7.23. The highest BCUT2D eigenvalue weighted by molar-refractivity contribution is 5.89. The lowest BCUT2D eigenvalue weighted by atomic mass is 9.72. The van der Waals surface area contributed by atoms with Gasteiger partial charge in [0, 0.05) is 39.4 Å². The molecule has 2 fully saturated rings. The molecule has 150 valence electrons. The smallest absolute Gasteiger partial charge is 0.233 e. The molecule has 1 aromatic carbocycles. The average Bonchev–Trinajstić information content (AvgIpc) is 2.72. The zero-order valence-electron chi connectivity index (χ0n) is 15.7. The minimum atomic E-state index is -0.533. The number of hydrogen-bond donors (Lipinski definition) is 2. The number of nitrogens with zero attached hydrogens (tertiary/aromatic N) is 1. The number of nitrogens with two attached hydrogens (primary N) is 1. The number of ether oxygens (including phenoxy) is 1. The van der Waals surface area contributed by atoms with Gasteiger partial charge in [-0.3, -0.25) is 9.59 Å². The number of carbonyl (C=O) groups is 2. The number of likely N-dealkylation sites (tertiary alicyclic amines) is 1. The predicted octanol–water partition coefficient (Wildman–Crippen LogP) is 1.47. The number of amides is 2. The lowest BCUT2D eigenvalue weighted by Crippen LogP contribution is -2.54. The Bertz CT molecular complexity index is 620. The fourth-order valence-corrected chi connectivity index (χ4v) is 4.12. The van der Waals surface area contributed by atoms with Crippen LogP contribution in [0.5, 0.6) is 0 Å². The van der Waals surface area contributed by atoms with Crippen molar-refractivity contribution in [2.75, 3.05) is 39.4 Å². The van der Waals surface area contributed by atoms with E-state index in [-0.39, 0.29) is 30.1 Å². The van der Waals surface area contributed by atoms with Crippen LogP contribution in [0.3, 0.4) is 0 Å². The van der Waals surface area contributed by atoms with Crippen molar-refractivity contribution in [1.82, 2.24) is 10.2 Å². The van der Waals surface area contributed by atoms with Gasteiger partial charge in [0.05, 0.1) is 11.3 Å². The molecule has 2 heterocycles. The van der Waals surface area contributed by atoms with Gasteiger partial charge in [-0.15, -0.1) is 12.4 Å². The molecular weight excluding hydrogens is 366 g/mol. The van der Waals surface area contributed by atoms with E-state index in [0.29, 0.717) is 45.7 Å². The SMILES string of the molecule is Cl.NCCNC(=O)C1CCCN(C(=O)C2(c3ccccc3)CCOCC2)C1. The van der Waals surface area contributed by atoms with E-state index in [2.05, 4.69) is 5.32 Å². The molecule has 0 bridgehead atoms. The summed E-state index contributed by atoms with van der Waals surface area (Å²) in [4.78, 5) is 27.8. The zero-order valence-corrected chi connectivity index (χ0v) is 16.5. The van der Waals surface area contributed by atoms with Gasteiger partial charge in [0.15, 0.2) is 0 Å². The molecule has 0 aromatic heterocycles. The van der Waals surface area contributed by atoms with Gasteiger partial charge in [0.2, 0.25) is 11.8 Å². The van der Waals surface area contributed by atoms with Gasteiger partial charge < -0.3 is 20.7 Å². The molecule has 3 N–H and O–H groups in total. The minimum absolute atomic E-state index is 0. The lowest BCUT2D eigenvalue weighted by Gasteiger charge is -2.42. The highest BCUT2D eigenvalue weighted by atomic mass is 35.5. The molecule has 1 atom stereocenters. The number of halogens is 1. The molecule has 0 aliphatic carbocycles. The van der Waals surface area contributed by atoms with E-state index < -0.39 is 5.41 Å². The van der Waals surface area contributed by atoms with Gasteiger partial charge in [0.25, 0.3) is 0 Å². The molecule has 6 nitrogen and oxygen atoms in total. The van der Waals surface area contributed by atoms with E-state index >= 15 is 0 Å². The maximum Gasteiger partial charge on any atom is 0.233 e. The summed E-state index contributed by atoms with van der Waals surface area (Å²) in [7, 11) is 0. The third-order valence-corrected chi connectivity index (χ3v) is 5.61. The van der Waals surface area contributed by atoms with Crippen molar-refractivity contribution in [3.63, 3.8) is 0 Å². The monoisotopic (exact) mass is 395 g/mol. The Morgan fingerprint density at radius 1 is 1.22 bits per heavy atom. The number of hydrogen-bond acceptors (Lipinski definition) is 4. The van der Waals surface area contributed by atoms with Crippen LogP contribution >= 0.6 is 12.4 Å². The van der Waals surface area contributed by atoms with Gasteiger partial charge in [0.1, 0.15) is 0 Å². The first-order valence-corrected chi connectivity index (χ1v) is 9.58. The highest BCUT2D eigenvalue weighted by Crippen LogP contribution is 2.37. The molecule has 7 heteroatoms. The third kappa shape index (κ3) is 4.81. The largest absolute Gasteiger partial charge is 0.381 e. The number of rotatable bonds is 5. The van der Waals surface area contributed by atoms with Crippen LogP contribution in [-0.4, -0.2) is 56.1 Å². The molecule has 3 rings (SSSR count). The Balaban J connectivity index is 0.00000261. The second-order valence-electron chi connectivity index (χ2n) is 7.23. The van der Waals surface area contributed by atoms with E-state index in [4.69, 9.17) is 10.5 Å². The van der Waals surface area contributed by atoms with Crippen molar-refractivity contribution >= 4 is 24.2 Å². The van der Waals surface area contributed by atoms with Crippen LogP contribution in [-0.2, 0) is 19.7 Å². The molecule has 27 heavy (non-hydrogen) atoms. The molecule has 0 spiro atoms. The van der Waals surface area contributed by atoms with Crippen molar-refractivity contribution in [3.05, 3.63) is 35.9 Å². The van der Waals surface area contributed by atoms with E-state index in [0.717, 1.165) is 24.9 Å². The Hall–Kier alpha value is -1.63. The maximum absolute atomic E-state index is 13.6. The fraction of sp³-hybridized carbons (Fsp3) is 0.600. The summed E-state index contributed by atoms with van der Waals surface area (Å²) in [5, 5.41) is 2.86. The summed E-state index contributed by atoms with van der Waals surface area (Å²) in [6.45, 7) is 3.30. The molecule has 2 aliphatic rings. The van der Waals surface area contributed by atoms with Gasteiger partial charge in [-0.2, -0.15) is 0 Å². The van der Waals surface area contributed by atoms with Crippen LogP contribution in [0, 0.1) is 5.92 Å². The van der Waals surface area contributed by atoms with Gasteiger partial charge in [-0.1, -0.05) is 30.3 Å². The first-order valence-electron chi connectivity index (χ1n) is 9.58. The van der Waals surface area contributed by atoms with Crippen molar-refractivity contribution in [1.29, 1.82) is 0 Å². The van der Waals surface area contributed by atoms with Crippen LogP contribution in [0.25, 0.3) is 0 Å². The van der Waals surface area contributed by atoms with E-state index in [9.17, 15) is 9.59 Å². The van der Waals surface area contributed by atoms with Crippen LogP contribution in [0.1, 0.15) is 31.2 Å². The summed E-state index contributed by atoms with van der Waals surface area (Å²) < 4.78 is 5.54. The summed E-state index contributed by atoms with van der Waals surface area (Å²) in [6, 6.07) is 10.0. The fourth-order valence-electron chi connectivity index (χ4n) is 4.12. The van der Waals surface area contributed by atoms with E-state index in [1.165, 1.54) is 0 Å². The molecule has 0 radical (unpaired) electrons. The lowest BCUT2D eigenvalue weighted by molar-refractivity contribution is -0.144. The molecule has 2 saturated heterocycles. The number of nitrogens with one attached hydrogen (secondary N) is 1. The summed E-state index contributed by atoms with van der Waals surface area (Å²) in [5.41, 5.74) is 6.00. The molecule has 1 aromatic rings. The Morgan fingerprint density at radius 3 is 2.59 bits per heavy atom. The van der Waals surface area contributed by atoms with E-state index in [1.807, 2.05) is 35.2 Å². The standard InChI is InChI=1S/C20H29N3O3.ClH/c21-10-11-22-18(24)16-5-4-12-23(15-16)19(25)20(8-13-26-14-9-20)17-6-2-1-3-7-17;/h1-3,6-7,16H,4-5,8-15,21H2,(H,22,24);1H. The predicted molar refractivity (Wildman–Crippen MR) is 107 cm³/mol. The Morgan fingerprint density at radius 2 is 1.93 bits per heavy atom. The highest BCUT2D eigenvalue weighted by Gasteiger charge is 2.45. The van der Waals surface area contributed by atoms with Gasteiger partial charge in [-0.05, 0) is 31.2 Å². The van der Waals surface area contributed by atoms with Crippen LogP contribution in [0.4, 0.5) is 0 Å². The third-order valence-electron chi connectivity index (χ3n) is 5.61. The Kier molecular flexibility index (Phi) is 8.07. The van der Waals surface area contributed by atoms with Gasteiger partial charge in [-0.25, -0.2) is 0 Å². The van der Waals surface area contributed by atoms with E-state index in [1.54, 1.807) is 0 Å². The molecular formula is C20H30ClN3O3. The normalized spacial score (nSPS) is 21.8. The number of piperidine rings is 1. The molecule has 0 saturated carbocycles. The Labute approximate surface area is 167 Å². The number of benzene rings is 1. The molecule has 2 amide bonds. The summed E-state index contributed by atoms with van der Waals surface area (Å²) in [6.07, 6.45) is 3.06. The summed E-state index contributed by atoms with van der Waals surface area (Å²) >= 11 is 0. The van der Waals surface area contributed by atoms with Crippen LogP contribution in [0.15, 0.2) is 30.3 Å². The van der Waals surface area contributed by atoms with Gasteiger partial charge >= 0.3 is 0 Å². The minimum Gasteiger partial charge on any atom is -0.381 e. The summed E-state index contributed by atoms with van der Waals surface area (Å²) in [5.74, 6) is 0.00364. The van der Waals surface area contributed by atoms with Crippen molar-refractivity contribution < 1.29 is 14.3 Å². The van der Waals surface area contributed by atoms with Crippen LogP contribution in [0.2, 0.25) is 0 Å². The topological polar surface area (TPSA) is 84.7 Å². The first kappa shape index (κ1) is 21.7. The number of carbonyl (C=O) groups excluding carboxylic acids is 2. The second kappa shape index (κ2) is 10.1. The van der Waals surface area contributed by atoms with Crippen molar-refractivity contribution in [2.45, 2.75) is 31.1 Å². The van der Waals surface area contributed by atoms with Crippen molar-refractivity contribution in [3.8, 4) is 0 Å². The maximum atomic E-state index is 13.6. The zero-order chi connectivity index (χ0) is 18.4. The first-order chi connectivity index (χ1) is 12.7. The van der Waals surface area contributed by atoms with Crippen LogP contribution < -0.4 is 11.1 Å². The quantitative estimate of drug-likeness (QED) is 0.790. The van der Waals surface area contributed by atoms with Crippen molar-refractivity contribution in [2.24, 2.45) is 11.7 Å². The molecule has 1 unspecified atom stereocenters.